The van der Waals surface area contributed by atoms with Crippen molar-refractivity contribution >= 4 is 15.8 Å². The van der Waals surface area contributed by atoms with Crippen LogP contribution in [-0.4, -0.2) is 48.5 Å². The first-order valence-corrected chi connectivity index (χ1v) is 7.79. The van der Waals surface area contributed by atoms with Crippen molar-refractivity contribution in [3.05, 3.63) is 6.33 Å². The Hall–Kier alpha value is -1.12. The van der Waals surface area contributed by atoms with Gasteiger partial charge >= 0.3 is 0 Å². The van der Waals surface area contributed by atoms with Gasteiger partial charge in [0.2, 0.25) is 0 Å². The lowest BCUT2D eigenvalue weighted by atomic mass is 10.0. The molecule has 108 valence electrons. The van der Waals surface area contributed by atoms with E-state index in [0.717, 1.165) is 19.4 Å². The SMILES string of the molecule is CC1CC(NS(=O)(=O)c2c(N)ncn2C)CCN1C. The lowest BCUT2D eigenvalue weighted by molar-refractivity contribution is 0.178. The third-order valence-corrected chi connectivity index (χ3v) is 5.34. The van der Waals surface area contributed by atoms with Crippen molar-refractivity contribution in [3.63, 3.8) is 0 Å². The van der Waals surface area contributed by atoms with Crippen molar-refractivity contribution in [1.82, 2.24) is 19.2 Å². The van der Waals surface area contributed by atoms with Crippen LogP contribution in [0.15, 0.2) is 11.4 Å². The number of nitrogens with zero attached hydrogens (tertiary/aromatic N) is 3. The fourth-order valence-electron chi connectivity index (χ4n) is 2.44. The molecule has 19 heavy (non-hydrogen) atoms. The highest BCUT2D eigenvalue weighted by molar-refractivity contribution is 7.89. The Morgan fingerprint density at radius 1 is 1.47 bits per heavy atom. The Bertz CT molecular complexity index is 534. The van der Waals surface area contributed by atoms with Crippen LogP contribution >= 0.6 is 0 Å². The minimum atomic E-state index is -3.61. The number of piperidine rings is 1. The Balaban J connectivity index is 2.15. The van der Waals surface area contributed by atoms with E-state index in [0.29, 0.717) is 6.04 Å². The van der Waals surface area contributed by atoms with Gasteiger partial charge in [0.25, 0.3) is 10.0 Å². The first-order chi connectivity index (χ1) is 8.81. The summed E-state index contributed by atoms with van der Waals surface area (Å²) >= 11 is 0. The predicted octanol–water partition coefficient (Wildman–Crippen LogP) is -0.237. The molecule has 0 bridgehead atoms. The molecule has 3 N–H and O–H groups in total. The fraction of sp³-hybridized carbons (Fsp3) is 0.727. The van der Waals surface area contributed by atoms with Gasteiger partial charge in [-0.05, 0) is 33.4 Å². The lowest BCUT2D eigenvalue weighted by Crippen LogP contribution is -2.47. The highest BCUT2D eigenvalue weighted by atomic mass is 32.2. The molecular formula is C11H21N5O2S. The van der Waals surface area contributed by atoms with Crippen LogP contribution in [0.3, 0.4) is 0 Å². The van der Waals surface area contributed by atoms with Crippen molar-refractivity contribution in [3.8, 4) is 0 Å². The van der Waals surface area contributed by atoms with E-state index >= 15 is 0 Å². The van der Waals surface area contributed by atoms with Crippen LogP contribution in [0, 0.1) is 0 Å². The second-order valence-corrected chi connectivity index (χ2v) is 6.85. The van der Waals surface area contributed by atoms with Gasteiger partial charge < -0.3 is 15.2 Å². The zero-order chi connectivity index (χ0) is 14.2. The number of hydrogen-bond donors (Lipinski definition) is 2. The van der Waals surface area contributed by atoms with E-state index in [1.165, 1.54) is 10.9 Å². The van der Waals surface area contributed by atoms with Gasteiger partial charge in [0, 0.05) is 19.1 Å². The van der Waals surface area contributed by atoms with Crippen LogP contribution in [0.1, 0.15) is 19.8 Å². The minimum Gasteiger partial charge on any atom is -0.381 e. The summed E-state index contributed by atoms with van der Waals surface area (Å²) in [5.74, 6) is 0.0379. The fourth-order valence-corrected chi connectivity index (χ4v) is 3.95. The molecule has 0 radical (unpaired) electrons. The minimum absolute atomic E-state index is 0.0379. The summed E-state index contributed by atoms with van der Waals surface area (Å²) in [4.78, 5) is 6.04. The highest BCUT2D eigenvalue weighted by Crippen LogP contribution is 2.20. The molecule has 7 nitrogen and oxygen atoms in total. The quantitative estimate of drug-likeness (QED) is 0.800. The molecule has 8 heteroatoms. The average molecular weight is 287 g/mol. The Kier molecular flexibility index (Phi) is 3.84. The first-order valence-electron chi connectivity index (χ1n) is 6.30. The van der Waals surface area contributed by atoms with Gasteiger partial charge in [-0.1, -0.05) is 0 Å². The van der Waals surface area contributed by atoms with Crippen molar-refractivity contribution in [2.45, 2.75) is 36.9 Å². The highest BCUT2D eigenvalue weighted by Gasteiger charge is 2.29. The van der Waals surface area contributed by atoms with Crippen molar-refractivity contribution in [2.75, 3.05) is 19.3 Å². The molecule has 0 aromatic carbocycles. The van der Waals surface area contributed by atoms with Gasteiger partial charge in [-0.15, -0.1) is 0 Å². The van der Waals surface area contributed by atoms with E-state index in [4.69, 9.17) is 5.73 Å². The lowest BCUT2D eigenvalue weighted by Gasteiger charge is -2.35. The van der Waals surface area contributed by atoms with Gasteiger partial charge in [0.1, 0.15) is 0 Å². The summed E-state index contributed by atoms with van der Waals surface area (Å²) in [6.45, 7) is 2.98. The van der Waals surface area contributed by atoms with E-state index in [1.807, 2.05) is 0 Å². The molecule has 1 aliphatic heterocycles. The molecule has 0 aliphatic carbocycles. The first kappa shape index (κ1) is 14.3. The van der Waals surface area contributed by atoms with Crippen molar-refractivity contribution in [1.29, 1.82) is 0 Å². The van der Waals surface area contributed by atoms with Gasteiger partial charge in [-0.25, -0.2) is 18.1 Å². The number of rotatable bonds is 3. The van der Waals surface area contributed by atoms with Crippen molar-refractivity contribution < 1.29 is 8.42 Å². The van der Waals surface area contributed by atoms with Gasteiger partial charge in [0.05, 0.1) is 6.33 Å². The third-order valence-electron chi connectivity index (χ3n) is 3.69. The van der Waals surface area contributed by atoms with E-state index in [1.54, 1.807) is 7.05 Å². The number of anilines is 1. The number of nitrogens with one attached hydrogen (secondary N) is 1. The second-order valence-electron chi connectivity index (χ2n) is 5.22. The molecule has 2 rings (SSSR count). The number of nitrogen functional groups attached to an aromatic ring is 1. The van der Waals surface area contributed by atoms with Crippen LogP contribution in [0.2, 0.25) is 0 Å². The molecule has 0 spiro atoms. The summed E-state index contributed by atoms with van der Waals surface area (Å²) in [5.41, 5.74) is 5.62. The number of likely N-dealkylation sites (tertiary alicyclic amines) is 1. The summed E-state index contributed by atoms with van der Waals surface area (Å²) < 4.78 is 28.8. The predicted molar refractivity (Wildman–Crippen MR) is 73.1 cm³/mol. The van der Waals surface area contributed by atoms with Gasteiger partial charge in [-0.3, -0.25) is 0 Å². The summed E-state index contributed by atoms with van der Waals surface area (Å²) in [5, 5.41) is 0.0408. The molecule has 1 fully saturated rings. The Morgan fingerprint density at radius 3 is 2.68 bits per heavy atom. The summed E-state index contributed by atoms with van der Waals surface area (Å²) in [7, 11) is 0.0584. The molecule has 1 aromatic heterocycles. The topological polar surface area (TPSA) is 93.2 Å². The standard InChI is InChI=1S/C11H21N5O2S/c1-8-6-9(4-5-15(8)2)14-19(17,18)11-10(12)13-7-16(11)3/h7-9,14H,4-6,12H2,1-3H3. The molecule has 0 saturated carbocycles. The smallest absolute Gasteiger partial charge is 0.260 e. The normalized spacial score (nSPS) is 25.6. The van der Waals surface area contributed by atoms with E-state index in [2.05, 4.69) is 28.6 Å². The van der Waals surface area contributed by atoms with Crippen LogP contribution in [0.5, 0.6) is 0 Å². The second kappa shape index (κ2) is 5.10. The third kappa shape index (κ3) is 2.90. The number of sulfonamides is 1. The van der Waals surface area contributed by atoms with E-state index < -0.39 is 10.0 Å². The zero-order valence-electron chi connectivity index (χ0n) is 11.5. The van der Waals surface area contributed by atoms with Crippen LogP contribution in [0.25, 0.3) is 0 Å². The molecule has 1 aromatic rings. The Morgan fingerprint density at radius 2 is 2.16 bits per heavy atom. The molecular weight excluding hydrogens is 266 g/mol. The average Bonchev–Trinajstić information content (AvgIpc) is 2.64. The van der Waals surface area contributed by atoms with Crippen LogP contribution in [-0.2, 0) is 17.1 Å². The zero-order valence-corrected chi connectivity index (χ0v) is 12.3. The maximum absolute atomic E-state index is 12.3. The summed E-state index contributed by atoms with van der Waals surface area (Å²) in [6.07, 6.45) is 3.01. The largest absolute Gasteiger partial charge is 0.381 e. The number of hydrogen-bond acceptors (Lipinski definition) is 5. The van der Waals surface area contributed by atoms with Crippen LogP contribution < -0.4 is 10.5 Å². The molecule has 2 heterocycles. The van der Waals surface area contributed by atoms with Crippen LogP contribution in [0.4, 0.5) is 5.82 Å². The van der Waals surface area contributed by atoms with Gasteiger partial charge in [0.15, 0.2) is 10.8 Å². The Labute approximate surface area is 113 Å². The molecule has 0 amide bonds. The number of aryl methyl sites for hydroxylation is 1. The van der Waals surface area contributed by atoms with E-state index in [9.17, 15) is 8.42 Å². The van der Waals surface area contributed by atoms with E-state index in [-0.39, 0.29) is 16.9 Å². The van der Waals surface area contributed by atoms with Gasteiger partial charge in [-0.2, -0.15) is 0 Å². The number of imidazole rings is 1. The maximum atomic E-state index is 12.3. The van der Waals surface area contributed by atoms with Crippen molar-refractivity contribution in [2.24, 2.45) is 7.05 Å². The summed E-state index contributed by atoms with van der Waals surface area (Å²) in [6, 6.07) is 0.316. The number of nitrogens with two attached hydrogens (primary N) is 1. The molecule has 1 saturated heterocycles. The molecule has 2 unspecified atom stereocenters. The monoisotopic (exact) mass is 287 g/mol. The molecule has 2 atom stereocenters. The maximum Gasteiger partial charge on any atom is 0.260 e. The number of aromatic nitrogens is 2. The molecule has 1 aliphatic rings.